The van der Waals surface area contributed by atoms with Gasteiger partial charge in [0.05, 0.1) is 0 Å². The van der Waals surface area contributed by atoms with Crippen molar-refractivity contribution in [3.8, 4) is 0 Å². The molecule has 0 fully saturated rings. The molecule has 0 spiro atoms. The number of nitrogens with one attached hydrogen (secondary N) is 1. The lowest BCUT2D eigenvalue weighted by Gasteiger charge is -2.14. The topological polar surface area (TPSA) is 125 Å². The third-order valence-electron chi connectivity index (χ3n) is 4.17. The molecule has 0 aliphatic rings. The monoisotopic (exact) mass is 448 g/mol. The number of aromatic nitrogens is 1. The fourth-order valence-electron chi connectivity index (χ4n) is 2.76. The van der Waals surface area contributed by atoms with Crippen molar-refractivity contribution in [3.63, 3.8) is 0 Å². The van der Waals surface area contributed by atoms with Gasteiger partial charge in [-0.1, -0.05) is 30.3 Å². The van der Waals surface area contributed by atoms with Crippen LogP contribution in [0.2, 0.25) is 0 Å². The molecule has 2 aromatic carbocycles. The number of carbonyl (C=O) groups is 2. The number of aromatic amines is 1. The van der Waals surface area contributed by atoms with Crippen molar-refractivity contribution in [1.29, 1.82) is 0 Å². The Morgan fingerprint density at radius 1 is 1.14 bits per heavy atom. The number of halogens is 1. The minimum atomic E-state index is -1.17. The van der Waals surface area contributed by atoms with E-state index in [0.29, 0.717) is 22.0 Å². The summed E-state index contributed by atoms with van der Waals surface area (Å²) in [5, 5.41) is 0. The first kappa shape index (κ1) is 19.8. The second-order valence-corrected chi connectivity index (χ2v) is 6.94. The average Bonchev–Trinajstić information content (AvgIpc) is 3.08. The van der Waals surface area contributed by atoms with E-state index < -0.39 is 23.6 Å². The summed E-state index contributed by atoms with van der Waals surface area (Å²) in [6, 6.07) is 12.5. The SMILES string of the molecule is NOC(=O)[C@H](CCc1cc(Br)c2[nH]c(=O)oc2c1)C(=O)OCc1ccccc1. The summed E-state index contributed by atoms with van der Waals surface area (Å²) in [5.74, 6) is 1.65. The van der Waals surface area contributed by atoms with Crippen LogP contribution in [0.4, 0.5) is 0 Å². The molecule has 146 valence electrons. The fourth-order valence-corrected chi connectivity index (χ4v) is 3.35. The zero-order valence-corrected chi connectivity index (χ0v) is 16.2. The molecule has 1 heterocycles. The number of oxazole rings is 1. The highest BCUT2D eigenvalue weighted by molar-refractivity contribution is 9.10. The van der Waals surface area contributed by atoms with Crippen molar-refractivity contribution in [2.75, 3.05) is 0 Å². The van der Waals surface area contributed by atoms with Gasteiger partial charge in [-0.05, 0) is 52.0 Å². The first-order valence-electron chi connectivity index (χ1n) is 8.40. The van der Waals surface area contributed by atoms with Gasteiger partial charge in [-0.2, -0.15) is 5.90 Å². The van der Waals surface area contributed by atoms with Crippen LogP contribution in [0.15, 0.2) is 56.1 Å². The van der Waals surface area contributed by atoms with Crippen LogP contribution < -0.4 is 11.7 Å². The summed E-state index contributed by atoms with van der Waals surface area (Å²) in [4.78, 5) is 42.5. The number of esters is 1. The van der Waals surface area contributed by atoms with Crippen molar-refractivity contribution < 1.29 is 23.6 Å². The van der Waals surface area contributed by atoms with E-state index in [4.69, 9.17) is 15.1 Å². The van der Waals surface area contributed by atoms with Gasteiger partial charge < -0.3 is 14.0 Å². The molecule has 8 nitrogen and oxygen atoms in total. The maximum absolute atomic E-state index is 12.4. The summed E-state index contributed by atoms with van der Waals surface area (Å²) in [5.41, 5.74) is 2.47. The van der Waals surface area contributed by atoms with Gasteiger partial charge in [-0.3, -0.25) is 9.78 Å². The number of hydrogen-bond donors (Lipinski definition) is 2. The predicted molar refractivity (Wildman–Crippen MR) is 103 cm³/mol. The number of rotatable bonds is 7. The first-order chi connectivity index (χ1) is 13.5. The third kappa shape index (κ3) is 4.68. The molecule has 9 heteroatoms. The molecular formula is C19H17BrN2O6. The number of hydrogen-bond acceptors (Lipinski definition) is 7. The average molecular weight is 449 g/mol. The number of ether oxygens (including phenoxy) is 1. The number of fused-ring (bicyclic) bond motifs is 1. The van der Waals surface area contributed by atoms with E-state index in [9.17, 15) is 14.4 Å². The lowest BCUT2D eigenvalue weighted by Crippen LogP contribution is -2.30. The molecule has 3 N–H and O–H groups in total. The van der Waals surface area contributed by atoms with E-state index in [1.54, 1.807) is 24.3 Å². The number of aryl methyl sites for hydroxylation is 1. The van der Waals surface area contributed by atoms with Gasteiger partial charge in [0, 0.05) is 4.47 Å². The van der Waals surface area contributed by atoms with Gasteiger partial charge in [0.1, 0.15) is 12.1 Å². The molecule has 0 saturated carbocycles. The quantitative estimate of drug-likeness (QED) is 0.323. The maximum atomic E-state index is 12.4. The van der Waals surface area contributed by atoms with Crippen LogP contribution in [0.3, 0.4) is 0 Å². The summed E-state index contributed by atoms with van der Waals surface area (Å²) in [6.45, 7) is 0.0417. The highest BCUT2D eigenvalue weighted by Gasteiger charge is 2.29. The molecule has 28 heavy (non-hydrogen) atoms. The van der Waals surface area contributed by atoms with Gasteiger partial charge in [0.15, 0.2) is 11.5 Å². The smallest absolute Gasteiger partial charge is 0.417 e. The minimum absolute atomic E-state index is 0.0417. The lowest BCUT2D eigenvalue weighted by atomic mass is 9.99. The number of benzene rings is 2. The highest BCUT2D eigenvalue weighted by atomic mass is 79.9. The van der Waals surface area contributed by atoms with E-state index in [-0.39, 0.29) is 13.0 Å². The fraction of sp³-hybridized carbons (Fsp3) is 0.211. The molecule has 0 bridgehead atoms. The molecule has 0 aliphatic carbocycles. The highest BCUT2D eigenvalue weighted by Crippen LogP contribution is 2.25. The Bertz CT molecular complexity index is 1040. The molecular weight excluding hydrogens is 432 g/mol. The summed E-state index contributed by atoms with van der Waals surface area (Å²) >= 11 is 3.36. The summed E-state index contributed by atoms with van der Waals surface area (Å²) < 4.78 is 10.9. The molecule has 1 aromatic heterocycles. The Labute approximate surface area is 167 Å². The van der Waals surface area contributed by atoms with E-state index in [1.165, 1.54) is 0 Å². The van der Waals surface area contributed by atoms with Crippen LogP contribution in [0.25, 0.3) is 11.1 Å². The normalized spacial score (nSPS) is 11.9. The Morgan fingerprint density at radius 2 is 1.89 bits per heavy atom. The third-order valence-corrected chi connectivity index (χ3v) is 4.80. The molecule has 1 atom stereocenters. The van der Waals surface area contributed by atoms with Gasteiger partial charge in [-0.15, -0.1) is 0 Å². The lowest BCUT2D eigenvalue weighted by molar-refractivity contribution is -0.163. The van der Waals surface area contributed by atoms with E-state index >= 15 is 0 Å². The molecule has 0 unspecified atom stereocenters. The molecule has 3 rings (SSSR count). The molecule has 0 amide bonds. The second kappa shape index (κ2) is 8.85. The Morgan fingerprint density at radius 3 is 2.61 bits per heavy atom. The molecule has 3 aromatic rings. The summed E-state index contributed by atoms with van der Waals surface area (Å²) in [7, 11) is 0. The number of carbonyl (C=O) groups excluding carboxylic acids is 2. The van der Waals surface area contributed by atoms with Crippen molar-refractivity contribution in [2.24, 2.45) is 11.8 Å². The minimum Gasteiger partial charge on any atom is -0.460 e. The zero-order chi connectivity index (χ0) is 20.1. The Hall–Kier alpha value is -2.91. The van der Waals surface area contributed by atoms with Gasteiger partial charge in [0.25, 0.3) is 0 Å². The predicted octanol–water partition coefficient (Wildman–Crippen LogP) is 2.59. The van der Waals surface area contributed by atoms with Crippen LogP contribution in [0.5, 0.6) is 0 Å². The first-order valence-corrected chi connectivity index (χ1v) is 9.19. The molecule has 0 radical (unpaired) electrons. The van der Waals surface area contributed by atoms with Crippen LogP contribution in [-0.2, 0) is 32.2 Å². The van der Waals surface area contributed by atoms with Gasteiger partial charge >= 0.3 is 17.7 Å². The maximum Gasteiger partial charge on any atom is 0.417 e. The Balaban J connectivity index is 1.69. The van der Waals surface area contributed by atoms with Crippen LogP contribution in [0.1, 0.15) is 17.5 Å². The van der Waals surface area contributed by atoms with Crippen LogP contribution >= 0.6 is 15.9 Å². The van der Waals surface area contributed by atoms with Crippen LogP contribution in [0, 0.1) is 5.92 Å². The van der Waals surface area contributed by atoms with E-state index in [1.807, 2.05) is 18.2 Å². The van der Waals surface area contributed by atoms with Crippen molar-refractivity contribution in [2.45, 2.75) is 19.4 Å². The number of nitrogens with two attached hydrogens (primary N) is 1. The largest absolute Gasteiger partial charge is 0.460 e. The van der Waals surface area contributed by atoms with Crippen molar-refractivity contribution >= 4 is 39.0 Å². The molecule has 0 aliphatic heterocycles. The number of H-pyrrole nitrogens is 1. The summed E-state index contributed by atoms with van der Waals surface area (Å²) in [6.07, 6.45) is 0.458. The zero-order valence-electron chi connectivity index (χ0n) is 14.6. The standard InChI is InChI=1S/C19H17BrN2O6/c20-14-8-12(9-15-16(14)22-19(25)27-15)6-7-13(18(24)28-21)17(23)26-10-11-4-2-1-3-5-11/h1-5,8-9,13H,6-7,10,21H2,(H,22,25)/t13-/m1/s1. The van der Waals surface area contributed by atoms with Crippen LogP contribution in [-0.4, -0.2) is 16.9 Å². The molecule has 0 saturated heterocycles. The van der Waals surface area contributed by atoms with Crippen molar-refractivity contribution in [3.05, 3.63) is 68.6 Å². The van der Waals surface area contributed by atoms with Gasteiger partial charge in [-0.25, -0.2) is 9.59 Å². The Kier molecular flexibility index (Phi) is 6.27. The van der Waals surface area contributed by atoms with E-state index in [2.05, 4.69) is 25.8 Å². The van der Waals surface area contributed by atoms with E-state index in [0.717, 1.165) is 11.1 Å². The second-order valence-electron chi connectivity index (χ2n) is 6.09. The van der Waals surface area contributed by atoms with Crippen molar-refractivity contribution in [1.82, 2.24) is 4.98 Å². The van der Waals surface area contributed by atoms with Gasteiger partial charge in [0.2, 0.25) is 0 Å².